The Balaban J connectivity index is 3.32. The van der Waals surface area contributed by atoms with Crippen molar-refractivity contribution in [1.82, 2.24) is 0 Å². The molecule has 0 saturated carbocycles. The lowest BCUT2D eigenvalue weighted by atomic mass is 10.2. The van der Waals surface area contributed by atoms with Crippen LogP contribution in [0.25, 0.3) is 0 Å². The molecule has 0 aromatic heterocycles. The van der Waals surface area contributed by atoms with E-state index in [-0.39, 0.29) is 6.05 Å². The second-order valence-corrected chi connectivity index (χ2v) is 1.99. The van der Waals surface area contributed by atoms with Gasteiger partial charge in [0.05, 0.1) is 17.6 Å². The van der Waals surface area contributed by atoms with E-state index in [9.17, 15) is 0 Å². The average Bonchev–Trinajstić information content (AvgIpc) is 1.98. The lowest BCUT2D eigenvalue weighted by molar-refractivity contribution is 1.05. The number of hydrogen-bond donors (Lipinski definition) is 0. The Morgan fingerprint density at radius 3 is 2.88 bits per heavy atom. The molecule has 0 radical (unpaired) electrons. The van der Waals surface area contributed by atoms with Gasteiger partial charge in [-0.1, -0.05) is 24.2 Å². The Morgan fingerprint density at radius 1 is 1.38 bits per heavy atom. The van der Waals surface area contributed by atoms with Crippen molar-refractivity contribution in [3.63, 3.8) is 0 Å². The molecular weight excluding hydrogens is 143 g/mol. The summed E-state index contributed by atoms with van der Waals surface area (Å²) < 4.78 is 36.5. The summed E-state index contributed by atoms with van der Waals surface area (Å²) in [6.07, 6.45) is 0.884. The smallest absolute Gasteiger partial charge is 0.0718 e. The fourth-order valence-corrected chi connectivity index (χ4v) is 0.517. The average molecular weight is 154 g/mol. The van der Waals surface area contributed by atoms with E-state index in [1.807, 2.05) is 0 Å². The van der Waals surface area contributed by atoms with Gasteiger partial charge in [0.15, 0.2) is 0 Å². The van der Waals surface area contributed by atoms with Gasteiger partial charge in [0.2, 0.25) is 0 Å². The second-order valence-electron chi connectivity index (χ2n) is 1.20. The molecule has 0 N–H and O–H groups in total. The van der Waals surface area contributed by atoms with Crippen LogP contribution in [0.5, 0.6) is 0 Å². The van der Waals surface area contributed by atoms with Gasteiger partial charge in [-0.15, -0.1) is 23.2 Å². The maximum absolute atomic E-state index is 7.41. The highest BCUT2D eigenvalue weighted by molar-refractivity contribution is 6.31. The molecule has 1 aliphatic carbocycles. The van der Waals surface area contributed by atoms with Crippen LogP contribution in [0.15, 0.2) is 24.2 Å². The Kier molecular flexibility index (Phi) is 0.754. The molecule has 1 rings (SSSR count). The summed E-state index contributed by atoms with van der Waals surface area (Å²) in [4.78, 5) is 0. The number of hydrogen-bond acceptors (Lipinski definition) is 0. The molecule has 0 bridgehead atoms. The van der Waals surface area contributed by atoms with Crippen LogP contribution in [0.1, 0.15) is 6.85 Å². The van der Waals surface area contributed by atoms with E-state index in [4.69, 9.17) is 30.1 Å². The van der Waals surface area contributed by atoms with Crippen molar-refractivity contribution in [2.75, 3.05) is 0 Å². The van der Waals surface area contributed by atoms with Crippen LogP contribution in [0.4, 0.5) is 0 Å². The molecule has 0 aromatic rings. The van der Waals surface area contributed by atoms with Crippen molar-refractivity contribution in [1.29, 1.82) is 0 Å². The summed E-state index contributed by atoms with van der Waals surface area (Å²) in [7, 11) is 0. The van der Waals surface area contributed by atoms with Gasteiger partial charge in [-0.25, -0.2) is 0 Å². The zero-order chi connectivity index (χ0) is 10.4. The molecule has 0 heterocycles. The summed E-state index contributed by atoms with van der Waals surface area (Å²) in [5.74, 6) is 0. The monoisotopic (exact) mass is 153 g/mol. The quantitative estimate of drug-likeness (QED) is 0.469. The van der Waals surface area contributed by atoms with Gasteiger partial charge in [0.1, 0.15) is 0 Å². The molecule has 2 heteroatoms. The van der Waals surface area contributed by atoms with E-state index in [1.54, 1.807) is 0 Å². The number of alkyl halides is 2. The minimum atomic E-state index is -2.20. The van der Waals surface area contributed by atoms with Crippen molar-refractivity contribution < 1.29 is 6.85 Å². The predicted octanol–water partition coefficient (Wildman–Crippen LogP) is 2.33. The fraction of sp³-hybridized carbons (Fsp3) is 0.333. The first kappa shape index (κ1) is 2.36. The third kappa shape index (κ3) is 1.27. The van der Waals surface area contributed by atoms with Gasteiger partial charge < -0.3 is 0 Å². The third-order valence-corrected chi connectivity index (χ3v) is 1.35. The maximum atomic E-state index is 7.41. The molecule has 1 aliphatic rings. The summed E-state index contributed by atoms with van der Waals surface area (Å²) in [5, 5.41) is -4.26. The van der Waals surface area contributed by atoms with Crippen LogP contribution in [0.3, 0.4) is 0 Å². The normalized spacial score (nSPS) is 66.8. The van der Waals surface area contributed by atoms with Gasteiger partial charge in [-0.05, 0) is 0 Å². The summed E-state index contributed by atoms with van der Waals surface area (Å²) >= 11 is 11.1. The molecule has 0 aliphatic heterocycles. The predicted molar refractivity (Wildman–Crippen MR) is 37.6 cm³/mol. The van der Waals surface area contributed by atoms with Crippen LogP contribution >= 0.6 is 23.2 Å². The summed E-state index contributed by atoms with van der Waals surface area (Å²) in [5.41, 5.74) is 0. The first-order chi connectivity index (χ1) is 5.70. The molecule has 0 aromatic carbocycles. The van der Waals surface area contributed by atoms with E-state index in [0.29, 0.717) is 0 Å². The van der Waals surface area contributed by atoms with Gasteiger partial charge >= 0.3 is 0 Å². The molecule has 0 amide bonds. The van der Waals surface area contributed by atoms with Crippen molar-refractivity contribution >= 4 is 23.2 Å². The Hall–Kier alpha value is 0.0600. The van der Waals surface area contributed by atoms with E-state index >= 15 is 0 Å². The van der Waals surface area contributed by atoms with E-state index < -0.39 is 22.8 Å². The highest BCUT2D eigenvalue weighted by Gasteiger charge is 2.10. The van der Waals surface area contributed by atoms with Crippen molar-refractivity contribution in [3.8, 4) is 0 Å². The first-order valence-corrected chi connectivity index (χ1v) is 2.71. The molecule has 0 fully saturated rings. The molecule has 0 saturated heterocycles. The molecule has 8 heavy (non-hydrogen) atoms. The zero-order valence-electron chi connectivity index (χ0n) is 8.83. The summed E-state index contributed by atoms with van der Waals surface area (Å²) in [6, 6.07) is -1.43. The van der Waals surface area contributed by atoms with Crippen molar-refractivity contribution in [3.05, 3.63) is 24.2 Å². The SMILES string of the molecule is [2H]C1=CC([2H])(Cl)C([2H])(Cl)C([2H])=C1[2H]. The Labute approximate surface area is 65.8 Å². The molecule has 44 valence electrons. The number of halogens is 2. The largest absolute Gasteiger partial charge is 0.116 e. The van der Waals surface area contributed by atoms with Gasteiger partial charge in [-0.2, -0.15) is 0 Å². The summed E-state index contributed by atoms with van der Waals surface area (Å²) in [6.45, 7) is 0. The third-order valence-electron chi connectivity index (χ3n) is 0.653. The van der Waals surface area contributed by atoms with Crippen LogP contribution in [0, 0.1) is 0 Å². The van der Waals surface area contributed by atoms with E-state index in [0.717, 1.165) is 6.08 Å². The van der Waals surface area contributed by atoms with Gasteiger partial charge in [-0.3, -0.25) is 0 Å². The molecule has 0 spiro atoms. The zero-order valence-corrected chi connectivity index (χ0v) is 5.35. The highest BCUT2D eigenvalue weighted by atomic mass is 35.5. The molecule has 2 unspecified atom stereocenters. The van der Waals surface area contributed by atoms with E-state index in [1.165, 1.54) is 0 Å². The molecular formula is C6H6Cl2. The highest BCUT2D eigenvalue weighted by Crippen LogP contribution is 2.15. The molecule has 0 nitrogen and oxygen atoms in total. The van der Waals surface area contributed by atoms with Crippen LogP contribution in [0.2, 0.25) is 0 Å². The Bertz CT molecular complexity index is 304. The minimum Gasteiger partial charge on any atom is -0.116 e. The molecule has 2 atom stereocenters. The van der Waals surface area contributed by atoms with Crippen LogP contribution < -0.4 is 0 Å². The fourth-order valence-electron chi connectivity index (χ4n) is 0.313. The van der Waals surface area contributed by atoms with Crippen molar-refractivity contribution in [2.24, 2.45) is 0 Å². The number of allylic oxidation sites excluding steroid dienone is 4. The standard InChI is InChI=1S/C6H6Cl2/c7-5-3-1-2-4-6(5)8/h1-6H/i1D,2D,3D,5D,6D. The maximum Gasteiger partial charge on any atom is 0.0718 e. The van der Waals surface area contributed by atoms with E-state index in [2.05, 4.69) is 0 Å². The van der Waals surface area contributed by atoms with Gasteiger partial charge in [0.25, 0.3) is 0 Å². The van der Waals surface area contributed by atoms with Crippen LogP contribution in [-0.4, -0.2) is 10.7 Å². The Morgan fingerprint density at radius 2 is 2.12 bits per heavy atom. The van der Waals surface area contributed by atoms with Gasteiger partial charge in [0, 0.05) is 0 Å². The first-order valence-electron chi connectivity index (χ1n) is 4.46. The number of rotatable bonds is 0. The lowest BCUT2D eigenvalue weighted by Gasteiger charge is -2.09. The van der Waals surface area contributed by atoms with Crippen LogP contribution in [-0.2, 0) is 0 Å². The second kappa shape index (κ2) is 2.56. The lowest BCUT2D eigenvalue weighted by Crippen LogP contribution is -2.10. The minimum absolute atomic E-state index is 0.349. The topological polar surface area (TPSA) is 0 Å². The van der Waals surface area contributed by atoms with Crippen molar-refractivity contribution in [2.45, 2.75) is 10.7 Å².